The second-order valence-corrected chi connectivity index (χ2v) is 6.50. The number of hydrogen-bond acceptors (Lipinski definition) is 5. The molecule has 6 nitrogen and oxygen atoms in total. The lowest BCUT2D eigenvalue weighted by Gasteiger charge is -2.18. The number of rotatable bonds is 4. The number of anilines is 1. The Labute approximate surface area is 134 Å². The van der Waals surface area contributed by atoms with Gasteiger partial charge >= 0.3 is 5.69 Å². The second-order valence-electron chi connectivity index (χ2n) is 5.21. The van der Waals surface area contributed by atoms with Crippen molar-refractivity contribution in [1.82, 2.24) is 4.98 Å². The Hall–Kier alpha value is -1.44. The van der Waals surface area contributed by atoms with Gasteiger partial charge in [0.25, 0.3) is 0 Å². The first kappa shape index (κ1) is 15.9. The number of nitrogens with zero attached hydrogens (tertiary/aromatic N) is 2. The SMILES string of the molecule is CC(C)(O)CNc1nc2cc(Br)ccc2c(Cl)c1[N+](=O)[O-]. The Kier molecular flexibility index (Phi) is 4.36. The number of nitrogens with one attached hydrogen (secondary N) is 1. The van der Waals surface area contributed by atoms with E-state index in [1.165, 1.54) is 0 Å². The van der Waals surface area contributed by atoms with Gasteiger partial charge in [0.15, 0.2) is 0 Å². The lowest BCUT2D eigenvalue weighted by molar-refractivity contribution is -0.383. The monoisotopic (exact) mass is 373 g/mol. The van der Waals surface area contributed by atoms with Crippen molar-refractivity contribution in [2.75, 3.05) is 11.9 Å². The molecule has 2 aromatic rings. The van der Waals surface area contributed by atoms with Gasteiger partial charge in [-0.15, -0.1) is 0 Å². The van der Waals surface area contributed by atoms with Gasteiger partial charge in [0.2, 0.25) is 5.82 Å². The highest BCUT2D eigenvalue weighted by atomic mass is 79.9. The number of pyridine rings is 1. The molecule has 0 spiro atoms. The fraction of sp³-hybridized carbons (Fsp3) is 0.308. The van der Waals surface area contributed by atoms with Crippen LogP contribution in [0.25, 0.3) is 10.9 Å². The fourth-order valence-electron chi connectivity index (χ4n) is 1.78. The van der Waals surface area contributed by atoms with Crippen molar-refractivity contribution in [2.24, 2.45) is 0 Å². The molecular weight excluding hydrogens is 362 g/mol. The van der Waals surface area contributed by atoms with Crippen LogP contribution in [0.2, 0.25) is 5.02 Å². The molecule has 1 heterocycles. The number of hydrogen-bond donors (Lipinski definition) is 2. The molecule has 0 saturated carbocycles. The van der Waals surface area contributed by atoms with Gasteiger partial charge in [-0.1, -0.05) is 27.5 Å². The van der Waals surface area contributed by atoms with E-state index in [0.717, 1.165) is 4.47 Å². The average molecular weight is 375 g/mol. The molecule has 2 rings (SSSR count). The fourth-order valence-corrected chi connectivity index (χ4v) is 2.45. The molecule has 0 aliphatic heterocycles. The summed E-state index contributed by atoms with van der Waals surface area (Å²) in [6.07, 6.45) is 0. The Morgan fingerprint density at radius 2 is 2.19 bits per heavy atom. The third-order valence-electron chi connectivity index (χ3n) is 2.73. The van der Waals surface area contributed by atoms with E-state index in [0.29, 0.717) is 10.9 Å². The van der Waals surface area contributed by atoms with Gasteiger partial charge in [-0.3, -0.25) is 10.1 Å². The van der Waals surface area contributed by atoms with Crippen LogP contribution in [0.15, 0.2) is 22.7 Å². The summed E-state index contributed by atoms with van der Waals surface area (Å²) in [6.45, 7) is 3.28. The maximum absolute atomic E-state index is 11.2. The summed E-state index contributed by atoms with van der Waals surface area (Å²) in [4.78, 5) is 14.9. The summed E-state index contributed by atoms with van der Waals surface area (Å²) in [6, 6.07) is 5.13. The van der Waals surface area contributed by atoms with Crippen molar-refractivity contribution >= 4 is 49.9 Å². The van der Waals surface area contributed by atoms with Crippen LogP contribution in [0.3, 0.4) is 0 Å². The third kappa shape index (κ3) is 3.61. The van der Waals surface area contributed by atoms with E-state index < -0.39 is 10.5 Å². The second kappa shape index (κ2) is 5.75. The average Bonchev–Trinajstić information content (AvgIpc) is 2.34. The van der Waals surface area contributed by atoms with Gasteiger partial charge in [-0.05, 0) is 32.0 Å². The van der Waals surface area contributed by atoms with Crippen LogP contribution in [0.1, 0.15) is 13.8 Å². The highest BCUT2D eigenvalue weighted by Crippen LogP contribution is 2.37. The molecule has 21 heavy (non-hydrogen) atoms. The Morgan fingerprint density at radius 3 is 2.76 bits per heavy atom. The van der Waals surface area contributed by atoms with Crippen LogP contribution >= 0.6 is 27.5 Å². The molecule has 112 valence electrons. The van der Waals surface area contributed by atoms with E-state index in [1.807, 2.05) is 0 Å². The molecule has 0 bridgehead atoms. The highest BCUT2D eigenvalue weighted by molar-refractivity contribution is 9.10. The Morgan fingerprint density at radius 1 is 1.52 bits per heavy atom. The minimum Gasteiger partial charge on any atom is -0.389 e. The summed E-state index contributed by atoms with van der Waals surface area (Å²) in [5.41, 5.74) is -0.803. The van der Waals surface area contributed by atoms with E-state index >= 15 is 0 Å². The first-order chi connectivity index (χ1) is 9.69. The molecule has 0 aliphatic rings. The zero-order chi connectivity index (χ0) is 15.8. The standard InChI is InChI=1S/C13H13BrClN3O3/c1-13(2,19)6-16-12-11(18(20)21)10(15)8-4-3-7(14)5-9(8)17-12/h3-5,19H,6H2,1-2H3,(H,16,17). The topological polar surface area (TPSA) is 88.3 Å². The lowest BCUT2D eigenvalue weighted by atomic mass is 10.1. The number of aromatic nitrogens is 1. The summed E-state index contributed by atoms with van der Waals surface area (Å²) in [5, 5.41) is 24.3. The van der Waals surface area contributed by atoms with Crippen LogP contribution in [0.4, 0.5) is 11.5 Å². The van der Waals surface area contributed by atoms with Crippen LogP contribution < -0.4 is 5.32 Å². The number of nitro groups is 1. The molecule has 1 aromatic heterocycles. The first-order valence-electron chi connectivity index (χ1n) is 6.08. The van der Waals surface area contributed by atoms with E-state index in [2.05, 4.69) is 26.2 Å². The zero-order valence-corrected chi connectivity index (χ0v) is 13.7. The smallest absolute Gasteiger partial charge is 0.330 e. The number of aliphatic hydroxyl groups is 1. The highest BCUT2D eigenvalue weighted by Gasteiger charge is 2.25. The van der Waals surface area contributed by atoms with Crippen molar-refractivity contribution in [1.29, 1.82) is 0 Å². The minimum atomic E-state index is -1.03. The maximum Gasteiger partial charge on any atom is 0.330 e. The van der Waals surface area contributed by atoms with Gasteiger partial charge < -0.3 is 10.4 Å². The Bertz CT molecular complexity index is 716. The quantitative estimate of drug-likeness (QED) is 0.628. The number of fused-ring (bicyclic) bond motifs is 1. The van der Waals surface area contributed by atoms with E-state index in [1.54, 1.807) is 32.0 Å². The first-order valence-corrected chi connectivity index (χ1v) is 7.25. The van der Waals surface area contributed by atoms with Gasteiger partial charge in [-0.25, -0.2) is 4.98 Å². The lowest BCUT2D eigenvalue weighted by Crippen LogP contribution is -2.29. The third-order valence-corrected chi connectivity index (χ3v) is 3.61. The minimum absolute atomic E-state index is 0.0238. The van der Waals surface area contributed by atoms with Gasteiger partial charge in [0.05, 0.1) is 16.0 Å². The molecule has 0 aliphatic carbocycles. The van der Waals surface area contributed by atoms with E-state index in [4.69, 9.17) is 11.6 Å². The summed E-state index contributed by atoms with van der Waals surface area (Å²) in [7, 11) is 0. The summed E-state index contributed by atoms with van der Waals surface area (Å²) >= 11 is 9.47. The molecule has 0 amide bonds. The predicted molar refractivity (Wildman–Crippen MR) is 85.9 cm³/mol. The molecule has 1 aromatic carbocycles. The molecule has 2 N–H and O–H groups in total. The molecule has 0 atom stereocenters. The Balaban J connectivity index is 2.61. The maximum atomic E-state index is 11.2. The van der Waals surface area contributed by atoms with Crippen molar-refractivity contribution < 1.29 is 10.0 Å². The van der Waals surface area contributed by atoms with Crippen molar-refractivity contribution in [2.45, 2.75) is 19.4 Å². The largest absolute Gasteiger partial charge is 0.389 e. The molecule has 0 saturated heterocycles. The summed E-state index contributed by atoms with van der Waals surface area (Å²) in [5.74, 6) is 0.0396. The molecular formula is C13H13BrClN3O3. The van der Waals surface area contributed by atoms with E-state index in [9.17, 15) is 15.2 Å². The van der Waals surface area contributed by atoms with Crippen molar-refractivity contribution in [3.8, 4) is 0 Å². The molecule has 0 unspecified atom stereocenters. The zero-order valence-electron chi connectivity index (χ0n) is 11.4. The molecule has 8 heteroatoms. The van der Waals surface area contributed by atoms with E-state index in [-0.39, 0.29) is 23.1 Å². The van der Waals surface area contributed by atoms with Crippen LogP contribution in [-0.4, -0.2) is 27.2 Å². The van der Waals surface area contributed by atoms with Crippen LogP contribution in [-0.2, 0) is 0 Å². The number of halogens is 2. The summed E-state index contributed by atoms with van der Waals surface area (Å²) < 4.78 is 0.792. The van der Waals surface area contributed by atoms with Crippen molar-refractivity contribution in [3.05, 3.63) is 37.8 Å². The molecule has 0 fully saturated rings. The van der Waals surface area contributed by atoms with Gasteiger partial charge in [-0.2, -0.15) is 0 Å². The predicted octanol–water partition coefficient (Wildman–Crippen LogP) is 3.74. The van der Waals surface area contributed by atoms with Gasteiger partial charge in [0, 0.05) is 16.4 Å². The molecule has 0 radical (unpaired) electrons. The van der Waals surface area contributed by atoms with Gasteiger partial charge in [0.1, 0.15) is 5.02 Å². The van der Waals surface area contributed by atoms with Crippen LogP contribution in [0.5, 0.6) is 0 Å². The van der Waals surface area contributed by atoms with Crippen LogP contribution in [0, 0.1) is 10.1 Å². The van der Waals surface area contributed by atoms with Crippen molar-refractivity contribution in [3.63, 3.8) is 0 Å². The number of benzene rings is 1. The normalized spacial score (nSPS) is 11.7.